The van der Waals surface area contributed by atoms with Gasteiger partial charge in [0.15, 0.2) is 0 Å². The van der Waals surface area contributed by atoms with Gasteiger partial charge in [-0.2, -0.15) is 0 Å². The van der Waals surface area contributed by atoms with Crippen molar-refractivity contribution in [3.05, 3.63) is 27.1 Å². The Morgan fingerprint density at radius 1 is 1.62 bits per heavy atom. The van der Waals surface area contributed by atoms with Crippen LogP contribution in [-0.2, 0) is 0 Å². The Bertz CT molecular complexity index is 362. The van der Waals surface area contributed by atoms with Crippen LogP contribution in [0.2, 0.25) is 0 Å². The van der Waals surface area contributed by atoms with E-state index in [1.165, 1.54) is 24.3 Å². The quantitative estimate of drug-likeness (QED) is 0.853. The minimum atomic E-state index is 0.363. The van der Waals surface area contributed by atoms with Crippen molar-refractivity contribution >= 4 is 27.3 Å². The molecule has 0 bridgehead atoms. The number of halogens is 1. The normalized spacial score (nSPS) is 22.2. The van der Waals surface area contributed by atoms with Gasteiger partial charge in [-0.3, -0.25) is 0 Å². The van der Waals surface area contributed by atoms with Crippen LogP contribution in [0.25, 0.3) is 0 Å². The Morgan fingerprint density at radius 3 is 3.12 bits per heavy atom. The number of nitrogens with one attached hydrogen (secondary N) is 1. The van der Waals surface area contributed by atoms with Crippen molar-refractivity contribution < 1.29 is 0 Å². The molecule has 0 fully saturated rings. The second-order valence-electron chi connectivity index (χ2n) is 4.28. The highest BCUT2D eigenvalue weighted by atomic mass is 79.9. The molecule has 16 heavy (non-hydrogen) atoms. The Balaban J connectivity index is 1.79. The summed E-state index contributed by atoms with van der Waals surface area (Å²) in [5.74, 6) is 0.802. The molecule has 1 heterocycles. The zero-order chi connectivity index (χ0) is 11.4. The predicted molar refractivity (Wildman–Crippen MR) is 72.7 cm³/mol. The van der Waals surface area contributed by atoms with Crippen LogP contribution in [-0.4, -0.2) is 11.5 Å². The molecule has 1 aliphatic rings. The molecule has 1 aromatic rings. The summed E-state index contributed by atoms with van der Waals surface area (Å²) >= 11 is 5.16. The van der Waals surface area contributed by atoms with Crippen LogP contribution in [0, 0.1) is 5.92 Å². The van der Waals surface area contributed by atoms with Crippen molar-refractivity contribution in [2.45, 2.75) is 32.2 Å². The lowest BCUT2D eigenvalue weighted by Gasteiger charge is -2.20. The van der Waals surface area contributed by atoms with Gasteiger partial charge in [-0.15, -0.1) is 11.3 Å². The molecular formula is C12H17BrN2S. The number of allylic oxidation sites excluding steroid dienone is 2. The fourth-order valence-corrected chi connectivity index (χ4v) is 3.21. The molecule has 0 saturated carbocycles. The minimum Gasteiger partial charge on any atom is -0.308 e. The molecule has 0 amide bonds. The van der Waals surface area contributed by atoms with E-state index in [4.69, 9.17) is 0 Å². The standard InChI is InChI=1S/C12H17BrN2S/c1-9(12-15-8-11(13)16-12)14-7-10-5-3-2-4-6-10/h2-3,8-10,14H,4-7H2,1H3. The minimum absolute atomic E-state index is 0.363. The summed E-state index contributed by atoms with van der Waals surface area (Å²) < 4.78 is 1.11. The van der Waals surface area contributed by atoms with Crippen LogP contribution in [0.4, 0.5) is 0 Å². The third-order valence-electron chi connectivity index (χ3n) is 2.96. The van der Waals surface area contributed by atoms with Crippen molar-refractivity contribution in [3.63, 3.8) is 0 Å². The van der Waals surface area contributed by atoms with Crippen molar-refractivity contribution in [1.82, 2.24) is 10.3 Å². The van der Waals surface area contributed by atoms with Crippen molar-refractivity contribution in [3.8, 4) is 0 Å². The largest absolute Gasteiger partial charge is 0.308 e. The van der Waals surface area contributed by atoms with E-state index in [0.717, 1.165) is 16.2 Å². The molecule has 0 aromatic carbocycles. The molecule has 0 saturated heterocycles. The van der Waals surface area contributed by atoms with Gasteiger partial charge in [0.25, 0.3) is 0 Å². The molecule has 2 nitrogen and oxygen atoms in total. The lowest BCUT2D eigenvalue weighted by atomic mass is 9.94. The van der Waals surface area contributed by atoms with E-state index in [9.17, 15) is 0 Å². The first-order chi connectivity index (χ1) is 7.75. The molecule has 88 valence electrons. The molecule has 2 atom stereocenters. The molecule has 0 aliphatic heterocycles. The molecule has 1 aromatic heterocycles. The van der Waals surface area contributed by atoms with E-state index in [2.05, 4.69) is 45.3 Å². The molecule has 2 unspecified atom stereocenters. The van der Waals surface area contributed by atoms with Gasteiger partial charge < -0.3 is 5.32 Å². The van der Waals surface area contributed by atoms with Crippen LogP contribution >= 0.6 is 27.3 Å². The SMILES string of the molecule is CC(NCC1CC=CCC1)c1ncc(Br)s1. The zero-order valence-corrected chi connectivity index (χ0v) is 11.9. The number of hydrogen-bond donors (Lipinski definition) is 1. The highest BCUT2D eigenvalue weighted by Crippen LogP contribution is 2.25. The first-order valence-electron chi connectivity index (χ1n) is 5.75. The van der Waals surface area contributed by atoms with E-state index < -0.39 is 0 Å². The molecule has 1 N–H and O–H groups in total. The average Bonchev–Trinajstić information content (AvgIpc) is 2.74. The van der Waals surface area contributed by atoms with E-state index >= 15 is 0 Å². The fraction of sp³-hybridized carbons (Fsp3) is 0.583. The highest BCUT2D eigenvalue weighted by molar-refractivity contribution is 9.11. The van der Waals surface area contributed by atoms with Crippen molar-refractivity contribution in [2.75, 3.05) is 6.54 Å². The maximum atomic E-state index is 4.37. The van der Waals surface area contributed by atoms with Crippen LogP contribution in [0.1, 0.15) is 37.2 Å². The predicted octanol–water partition coefficient (Wildman–Crippen LogP) is 3.91. The summed E-state index contributed by atoms with van der Waals surface area (Å²) in [6.45, 7) is 3.28. The summed E-state index contributed by atoms with van der Waals surface area (Å²) in [7, 11) is 0. The second-order valence-corrected chi connectivity index (χ2v) is 6.72. The van der Waals surface area contributed by atoms with E-state index in [-0.39, 0.29) is 0 Å². The maximum absolute atomic E-state index is 4.37. The Hall–Kier alpha value is -0.190. The zero-order valence-electron chi connectivity index (χ0n) is 9.45. The fourth-order valence-electron chi connectivity index (χ4n) is 1.94. The van der Waals surface area contributed by atoms with Gasteiger partial charge in [0.1, 0.15) is 5.01 Å². The van der Waals surface area contributed by atoms with Gasteiger partial charge >= 0.3 is 0 Å². The second kappa shape index (κ2) is 5.94. The van der Waals surface area contributed by atoms with Gasteiger partial charge in [-0.1, -0.05) is 12.2 Å². The van der Waals surface area contributed by atoms with Crippen molar-refractivity contribution in [2.24, 2.45) is 5.92 Å². The van der Waals surface area contributed by atoms with Crippen LogP contribution in [0.15, 0.2) is 22.1 Å². The average molecular weight is 301 g/mol. The van der Waals surface area contributed by atoms with Crippen molar-refractivity contribution in [1.29, 1.82) is 0 Å². The Kier molecular flexibility index (Phi) is 4.55. The van der Waals surface area contributed by atoms with E-state index in [1.54, 1.807) is 11.3 Å². The monoisotopic (exact) mass is 300 g/mol. The first-order valence-corrected chi connectivity index (χ1v) is 7.36. The molecule has 2 rings (SSSR count). The summed E-state index contributed by atoms with van der Waals surface area (Å²) in [5, 5.41) is 4.74. The molecule has 4 heteroatoms. The van der Waals surface area contributed by atoms with E-state index in [1.807, 2.05) is 6.20 Å². The molecule has 1 aliphatic carbocycles. The number of nitrogens with zero attached hydrogens (tertiary/aromatic N) is 1. The summed E-state index contributed by atoms with van der Waals surface area (Å²) in [5.41, 5.74) is 0. The van der Waals surface area contributed by atoms with Gasteiger partial charge in [0.2, 0.25) is 0 Å². The highest BCUT2D eigenvalue weighted by Gasteiger charge is 2.13. The van der Waals surface area contributed by atoms with Crippen LogP contribution < -0.4 is 5.32 Å². The number of thiazole rings is 1. The number of hydrogen-bond acceptors (Lipinski definition) is 3. The van der Waals surface area contributed by atoms with Crippen LogP contribution in [0.5, 0.6) is 0 Å². The number of aromatic nitrogens is 1. The van der Waals surface area contributed by atoms with Gasteiger partial charge in [0, 0.05) is 0 Å². The van der Waals surface area contributed by atoms with Gasteiger partial charge in [0.05, 0.1) is 16.0 Å². The summed E-state index contributed by atoms with van der Waals surface area (Å²) in [6.07, 6.45) is 10.3. The maximum Gasteiger partial charge on any atom is 0.110 e. The molecule has 0 radical (unpaired) electrons. The van der Waals surface area contributed by atoms with Gasteiger partial charge in [-0.05, 0) is 54.6 Å². The first kappa shape index (κ1) is 12.3. The summed E-state index contributed by atoms with van der Waals surface area (Å²) in [6, 6.07) is 0.363. The third kappa shape index (κ3) is 3.40. The summed E-state index contributed by atoms with van der Waals surface area (Å²) in [4.78, 5) is 4.37. The van der Waals surface area contributed by atoms with E-state index in [0.29, 0.717) is 6.04 Å². The lowest BCUT2D eigenvalue weighted by molar-refractivity contribution is 0.415. The van der Waals surface area contributed by atoms with Gasteiger partial charge in [-0.25, -0.2) is 4.98 Å². The lowest BCUT2D eigenvalue weighted by Crippen LogP contribution is -2.26. The molecule has 0 spiro atoms. The molecular weight excluding hydrogens is 284 g/mol. The smallest absolute Gasteiger partial charge is 0.110 e. The Labute approximate surface area is 109 Å². The third-order valence-corrected chi connectivity index (χ3v) is 4.62. The number of rotatable bonds is 4. The van der Waals surface area contributed by atoms with Crippen LogP contribution in [0.3, 0.4) is 0 Å². The Morgan fingerprint density at radius 2 is 2.50 bits per heavy atom. The topological polar surface area (TPSA) is 24.9 Å².